The summed E-state index contributed by atoms with van der Waals surface area (Å²) in [5.74, 6) is 0. The van der Waals surface area contributed by atoms with Crippen molar-refractivity contribution in [3.63, 3.8) is 0 Å². The van der Waals surface area contributed by atoms with Crippen LogP contribution in [0.25, 0.3) is 0 Å². The summed E-state index contributed by atoms with van der Waals surface area (Å²) in [7, 11) is 0. The lowest BCUT2D eigenvalue weighted by Gasteiger charge is -2.02. The molecule has 1 heterocycles. The Hall–Kier alpha value is -0.0400. The lowest BCUT2D eigenvalue weighted by molar-refractivity contribution is 0.364. The third-order valence-electron chi connectivity index (χ3n) is 3.93. The summed E-state index contributed by atoms with van der Waals surface area (Å²) < 4.78 is 5.41. The van der Waals surface area contributed by atoms with Gasteiger partial charge in [0.25, 0.3) is 0 Å². The van der Waals surface area contributed by atoms with Gasteiger partial charge < -0.3 is 4.74 Å². The van der Waals surface area contributed by atoms with Crippen molar-refractivity contribution in [2.75, 3.05) is 0 Å². The van der Waals surface area contributed by atoms with Crippen molar-refractivity contribution in [1.82, 2.24) is 0 Å². The summed E-state index contributed by atoms with van der Waals surface area (Å²) in [5.41, 5.74) is 0. The lowest BCUT2D eigenvalue weighted by Crippen LogP contribution is -1.89. The van der Waals surface area contributed by atoms with Crippen LogP contribution < -0.4 is 0 Å². The van der Waals surface area contributed by atoms with E-state index in [2.05, 4.69) is 13.8 Å². The first-order valence-electron chi connectivity index (χ1n) is 8.00. The molecule has 0 spiro atoms. The molecular formula is C16H32O. The van der Waals surface area contributed by atoms with Crippen LogP contribution in [0.15, 0.2) is 0 Å². The van der Waals surface area contributed by atoms with Crippen LogP contribution in [0, 0.1) is 0 Å². The molecule has 0 aromatic carbocycles. The molecule has 1 saturated heterocycles. The van der Waals surface area contributed by atoms with Crippen LogP contribution in [0.2, 0.25) is 0 Å². The number of hydrogen-bond donors (Lipinski definition) is 0. The summed E-state index contributed by atoms with van der Waals surface area (Å²) in [5, 5.41) is 0. The number of epoxide rings is 1. The third kappa shape index (κ3) is 8.65. The second-order valence-electron chi connectivity index (χ2n) is 5.70. The highest BCUT2D eigenvalue weighted by Gasteiger charge is 2.32. The van der Waals surface area contributed by atoms with Crippen LogP contribution in [0.1, 0.15) is 90.9 Å². The molecule has 17 heavy (non-hydrogen) atoms. The second-order valence-corrected chi connectivity index (χ2v) is 5.70. The van der Waals surface area contributed by atoms with Crippen LogP contribution in [0.3, 0.4) is 0 Å². The van der Waals surface area contributed by atoms with Gasteiger partial charge in [-0.1, -0.05) is 77.6 Å². The minimum atomic E-state index is 0.568. The zero-order valence-electron chi connectivity index (χ0n) is 12.0. The monoisotopic (exact) mass is 240 g/mol. The Labute approximate surface area is 108 Å². The topological polar surface area (TPSA) is 12.5 Å². The first kappa shape index (κ1) is 15.0. The molecule has 0 N–H and O–H groups in total. The van der Waals surface area contributed by atoms with E-state index in [0.29, 0.717) is 12.2 Å². The predicted molar refractivity (Wildman–Crippen MR) is 75.4 cm³/mol. The molecule has 1 aliphatic rings. The van der Waals surface area contributed by atoms with Gasteiger partial charge in [0.15, 0.2) is 0 Å². The Bertz CT molecular complexity index is 167. The first-order chi connectivity index (χ1) is 8.34. The molecule has 2 atom stereocenters. The predicted octanol–water partition coefficient (Wildman–Crippen LogP) is 5.47. The zero-order chi connectivity index (χ0) is 12.3. The minimum Gasteiger partial charge on any atom is -0.370 e. The van der Waals surface area contributed by atoms with Crippen molar-refractivity contribution in [2.24, 2.45) is 0 Å². The average Bonchev–Trinajstić information content (AvgIpc) is 3.02. The van der Waals surface area contributed by atoms with Crippen molar-refractivity contribution in [1.29, 1.82) is 0 Å². The van der Waals surface area contributed by atoms with Crippen LogP contribution >= 0.6 is 0 Å². The molecular weight excluding hydrogens is 208 g/mol. The minimum absolute atomic E-state index is 0.568. The smallest absolute Gasteiger partial charge is 0.0839 e. The number of ether oxygens (including phenoxy) is 1. The molecule has 0 bridgehead atoms. The van der Waals surface area contributed by atoms with Gasteiger partial charge in [0.1, 0.15) is 0 Å². The molecule has 102 valence electrons. The van der Waals surface area contributed by atoms with Crippen molar-refractivity contribution in [3.8, 4) is 0 Å². The van der Waals surface area contributed by atoms with Crippen molar-refractivity contribution < 1.29 is 4.74 Å². The third-order valence-corrected chi connectivity index (χ3v) is 3.93. The number of rotatable bonds is 12. The summed E-state index contributed by atoms with van der Waals surface area (Å²) in [4.78, 5) is 0. The van der Waals surface area contributed by atoms with Crippen molar-refractivity contribution in [3.05, 3.63) is 0 Å². The molecule has 0 radical (unpaired) electrons. The Kier molecular flexibility index (Phi) is 8.78. The van der Waals surface area contributed by atoms with E-state index in [1.54, 1.807) is 0 Å². The van der Waals surface area contributed by atoms with Gasteiger partial charge in [-0.2, -0.15) is 0 Å². The molecule has 0 saturated carbocycles. The quantitative estimate of drug-likeness (QED) is 0.325. The van der Waals surface area contributed by atoms with Gasteiger partial charge in [-0.15, -0.1) is 0 Å². The van der Waals surface area contributed by atoms with Gasteiger partial charge in [-0.05, 0) is 13.3 Å². The summed E-state index contributed by atoms with van der Waals surface area (Å²) in [6.45, 7) is 4.47. The van der Waals surface area contributed by atoms with Crippen LogP contribution in [0.5, 0.6) is 0 Å². The molecule has 1 rings (SSSR count). The van der Waals surface area contributed by atoms with Crippen LogP contribution in [0.4, 0.5) is 0 Å². The maximum atomic E-state index is 5.41. The van der Waals surface area contributed by atoms with Gasteiger partial charge in [0.2, 0.25) is 0 Å². The molecule has 0 aromatic heterocycles. The van der Waals surface area contributed by atoms with E-state index < -0.39 is 0 Å². The molecule has 0 amide bonds. The Morgan fingerprint density at radius 1 is 0.706 bits per heavy atom. The Morgan fingerprint density at radius 2 is 1.12 bits per heavy atom. The van der Waals surface area contributed by atoms with E-state index >= 15 is 0 Å². The van der Waals surface area contributed by atoms with Gasteiger partial charge in [-0.3, -0.25) is 0 Å². The highest BCUT2D eigenvalue weighted by Crippen LogP contribution is 2.26. The maximum absolute atomic E-state index is 5.41. The molecule has 1 aliphatic heterocycles. The van der Waals surface area contributed by atoms with Gasteiger partial charge >= 0.3 is 0 Å². The summed E-state index contributed by atoms with van der Waals surface area (Å²) in [6.07, 6.45) is 18.3. The molecule has 1 nitrogen and oxygen atoms in total. The summed E-state index contributed by atoms with van der Waals surface area (Å²) >= 11 is 0. The Morgan fingerprint density at radius 3 is 1.53 bits per heavy atom. The molecule has 1 unspecified atom stereocenters. The van der Waals surface area contributed by atoms with Crippen molar-refractivity contribution in [2.45, 2.75) is 103 Å². The fourth-order valence-corrected chi connectivity index (χ4v) is 2.54. The first-order valence-corrected chi connectivity index (χ1v) is 8.00. The van der Waals surface area contributed by atoms with Gasteiger partial charge in [0, 0.05) is 0 Å². The van der Waals surface area contributed by atoms with Gasteiger partial charge in [0.05, 0.1) is 12.2 Å². The fraction of sp³-hybridized carbons (Fsp3) is 1.00. The van der Waals surface area contributed by atoms with E-state index in [0.717, 1.165) is 0 Å². The van der Waals surface area contributed by atoms with Crippen LogP contribution in [-0.4, -0.2) is 12.2 Å². The normalized spacial score (nSPS) is 22.9. The molecule has 0 aliphatic carbocycles. The van der Waals surface area contributed by atoms with Crippen LogP contribution in [-0.2, 0) is 4.74 Å². The zero-order valence-corrected chi connectivity index (χ0v) is 12.0. The van der Waals surface area contributed by atoms with E-state index in [1.165, 1.54) is 77.0 Å². The standard InChI is InChI=1S/C16H32O/c1-3-4-5-6-7-8-9-10-11-12-13-14-16-15(2)17-16/h15-16H,3-14H2,1-2H3/t15?,16-/m1/s1. The van der Waals surface area contributed by atoms with E-state index in [9.17, 15) is 0 Å². The van der Waals surface area contributed by atoms with E-state index in [-0.39, 0.29) is 0 Å². The van der Waals surface area contributed by atoms with E-state index in [1.807, 2.05) is 0 Å². The highest BCUT2D eigenvalue weighted by atomic mass is 16.6. The summed E-state index contributed by atoms with van der Waals surface area (Å²) in [6, 6.07) is 0. The van der Waals surface area contributed by atoms with Gasteiger partial charge in [-0.25, -0.2) is 0 Å². The lowest BCUT2D eigenvalue weighted by atomic mass is 10.0. The molecule has 0 aromatic rings. The second kappa shape index (κ2) is 9.94. The average molecular weight is 240 g/mol. The SMILES string of the molecule is CCCCCCCCCCCCC[C@H]1OC1C. The molecule has 1 heteroatoms. The highest BCUT2D eigenvalue weighted by molar-refractivity contribution is 4.79. The van der Waals surface area contributed by atoms with Crippen molar-refractivity contribution >= 4 is 0 Å². The number of hydrogen-bond acceptors (Lipinski definition) is 1. The largest absolute Gasteiger partial charge is 0.370 e. The fourth-order valence-electron chi connectivity index (χ4n) is 2.54. The Balaban J connectivity index is 1.64. The van der Waals surface area contributed by atoms with E-state index in [4.69, 9.17) is 4.74 Å². The number of unbranched alkanes of at least 4 members (excludes halogenated alkanes) is 10. The maximum Gasteiger partial charge on any atom is 0.0839 e. The molecule has 1 fully saturated rings.